The summed E-state index contributed by atoms with van der Waals surface area (Å²) in [5, 5.41) is 7.12. The van der Waals surface area contributed by atoms with Crippen LogP contribution in [0.4, 0.5) is 5.13 Å². The number of hydrogen-bond acceptors (Lipinski definition) is 10. The minimum absolute atomic E-state index is 0.222. The lowest BCUT2D eigenvalue weighted by Gasteiger charge is -2.14. The fraction of sp³-hybridized carbons (Fsp3) is 0.318. The standard InChI is InChI=1S/C22H24N4O7S/c1-6-33-21(29)20-12(2)23-22(34-20)24-17(27)11-26-18(28)8-7-14(25-26)13-9-15(30-3)19(32-5)16(10-13)31-4/h7-10H,6,11H2,1-5H3,(H,23,24,27). The number of nitrogens with zero attached hydrogens (tertiary/aromatic N) is 3. The molecule has 0 atom stereocenters. The fourth-order valence-electron chi connectivity index (χ4n) is 3.08. The van der Waals surface area contributed by atoms with Gasteiger partial charge in [0.1, 0.15) is 11.4 Å². The van der Waals surface area contributed by atoms with Crippen LogP contribution in [0.1, 0.15) is 22.3 Å². The maximum atomic E-state index is 12.6. The number of benzene rings is 1. The number of aromatic nitrogens is 3. The lowest BCUT2D eigenvalue weighted by Crippen LogP contribution is -2.29. The third-order valence-electron chi connectivity index (χ3n) is 4.62. The van der Waals surface area contributed by atoms with E-state index in [0.29, 0.717) is 39.1 Å². The van der Waals surface area contributed by atoms with E-state index >= 15 is 0 Å². The number of anilines is 1. The topological polar surface area (TPSA) is 131 Å². The van der Waals surface area contributed by atoms with Gasteiger partial charge in [0.2, 0.25) is 11.7 Å². The molecule has 0 bridgehead atoms. The van der Waals surface area contributed by atoms with Gasteiger partial charge in [-0.25, -0.2) is 14.5 Å². The number of methoxy groups -OCH3 is 3. The van der Waals surface area contributed by atoms with Gasteiger partial charge in [-0.05, 0) is 32.0 Å². The normalized spacial score (nSPS) is 10.5. The summed E-state index contributed by atoms with van der Waals surface area (Å²) in [6, 6.07) is 6.22. The minimum Gasteiger partial charge on any atom is -0.493 e. The molecule has 1 N–H and O–H groups in total. The van der Waals surface area contributed by atoms with E-state index in [1.54, 1.807) is 26.0 Å². The molecule has 12 heteroatoms. The van der Waals surface area contributed by atoms with Crippen molar-refractivity contribution in [3.8, 4) is 28.5 Å². The monoisotopic (exact) mass is 488 g/mol. The molecule has 0 fully saturated rings. The second-order valence-corrected chi connectivity index (χ2v) is 7.83. The summed E-state index contributed by atoms with van der Waals surface area (Å²) < 4.78 is 22.1. The molecule has 0 unspecified atom stereocenters. The number of carbonyl (C=O) groups excluding carboxylic acids is 2. The van der Waals surface area contributed by atoms with Crippen LogP contribution in [0.15, 0.2) is 29.1 Å². The molecule has 180 valence electrons. The Bertz CT molecular complexity index is 1240. The average molecular weight is 489 g/mol. The summed E-state index contributed by atoms with van der Waals surface area (Å²) in [5.41, 5.74) is 0.993. The lowest BCUT2D eigenvalue weighted by molar-refractivity contribution is -0.117. The molecule has 3 rings (SSSR count). The zero-order valence-corrected chi connectivity index (χ0v) is 20.1. The molecule has 0 radical (unpaired) electrons. The minimum atomic E-state index is -0.527. The second-order valence-electron chi connectivity index (χ2n) is 6.83. The predicted molar refractivity (Wildman–Crippen MR) is 125 cm³/mol. The van der Waals surface area contributed by atoms with Crippen LogP contribution in [0.25, 0.3) is 11.3 Å². The molecule has 3 aromatic rings. The Morgan fingerprint density at radius 3 is 2.35 bits per heavy atom. The number of carbonyl (C=O) groups is 2. The first-order valence-electron chi connectivity index (χ1n) is 10.1. The molecule has 0 aliphatic rings. The van der Waals surface area contributed by atoms with E-state index < -0.39 is 17.4 Å². The van der Waals surface area contributed by atoms with Gasteiger partial charge in [-0.15, -0.1) is 0 Å². The Balaban J connectivity index is 1.84. The van der Waals surface area contributed by atoms with Crippen molar-refractivity contribution in [1.29, 1.82) is 0 Å². The zero-order valence-electron chi connectivity index (χ0n) is 19.3. The van der Waals surface area contributed by atoms with E-state index in [4.69, 9.17) is 18.9 Å². The van der Waals surface area contributed by atoms with Gasteiger partial charge in [0.05, 0.1) is 39.3 Å². The van der Waals surface area contributed by atoms with Crippen molar-refractivity contribution < 1.29 is 28.5 Å². The summed E-state index contributed by atoms with van der Waals surface area (Å²) >= 11 is 0.997. The molecular weight excluding hydrogens is 464 g/mol. The number of aryl methyl sites for hydroxylation is 1. The summed E-state index contributed by atoms with van der Waals surface area (Å²) in [4.78, 5) is 41.3. The first kappa shape index (κ1) is 24.7. The highest BCUT2D eigenvalue weighted by Crippen LogP contribution is 2.40. The van der Waals surface area contributed by atoms with Crippen molar-refractivity contribution in [2.24, 2.45) is 0 Å². The highest BCUT2D eigenvalue weighted by Gasteiger charge is 2.19. The van der Waals surface area contributed by atoms with Gasteiger partial charge in [-0.2, -0.15) is 5.10 Å². The highest BCUT2D eigenvalue weighted by atomic mass is 32.1. The molecule has 0 spiro atoms. The molecule has 2 aromatic heterocycles. The number of nitrogens with one attached hydrogen (secondary N) is 1. The van der Waals surface area contributed by atoms with Crippen molar-refractivity contribution in [3.63, 3.8) is 0 Å². The van der Waals surface area contributed by atoms with Crippen LogP contribution >= 0.6 is 11.3 Å². The van der Waals surface area contributed by atoms with Crippen LogP contribution in [0, 0.1) is 6.92 Å². The van der Waals surface area contributed by atoms with Crippen molar-refractivity contribution in [1.82, 2.24) is 14.8 Å². The average Bonchev–Trinajstić information content (AvgIpc) is 3.19. The van der Waals surface area contributed by atoms with Crippen LogP contribution in [0.2, 0.25) is 0 Å². The number of rotatable bonds is 9. The van der Waals surface area contributed by atoms with E-state index in [0.717, 1.165) is 16.0 Å². The number of hydrogen-bond donors (Lipinski definition) is 1. The number of esters is 1. The molecule has 0 aliphatic carbocycles. The molecule has 0 saturated carbocycles. The molecule has 2 heterocycles. The van der Waals surface area contributed by atoms with Crippen molar-refractivity contribution in [2.75, 3.05) is 33.3 Å². The smallest absolute Gasteiger partial charge is 0.350 e. The van der Waals surface area contributed by atoms with E-state index in [9.17, 15) is 14.4 Å². The van der Waals surface area contributed by atoms with Gasteiger partial charge in [-0.1, -0.05) is 11.3 Å². The molecule has 34 heavy (non-hydrogen) atoms. The van der Waals surface area contributed by atoms with E-state index in [1.165, 1.54) is 33.5 Å². The summed E-state index contributed by atoms with van der Waals surface area (Å²) in [6.07, 6.45) is 0. The maximum Gasteiger partial charge on any atom is 0.350 e. The van der Waals surface area contributed by atoms with Crippen molar-refractivity contribution >= 4 is 28.3 Å². The van der Waals surface area contributed by atoms with Gasteiger partial charge in [0.15, 0.2) is 16.6 Å². The Labute approximate surface area is 199 Å². The van der Waals surface area contributed by atoms with Gasteiger partial charge < -0.3 is 24.3 Å². The van der Waals surface area contributed by atoms with Crippen molar-refractivity contribution in [3.05, 3.63) is 45.2 Å². The molecule has 0 saturated heterocycles. The third-order valence-corrected chi connectivity index (χ3v) is 5.68. The first-order valence-corrected chi connectivity index (χ1v) is 11.0. The summed E-state index contributed by atoms with van der Waals surface area (Å²) in [6.45, 7) is 3.22. The Hall–Kier alpha value is -3.93. The van der Waals surface area contributed by atoms with Crippen LogP contribution in [0.3, 0.4) is 0 Å². The molecule has 1 amide bonds. The van der Waals surface area contributed by atoms with Gasteiger partial charge in [-0.3, -0.25) is 9.59 Å². The number of thiazole rings is 1. The molecule has 1 aromatic carbocycles. The maximum absolute atomic E-state index is 12.6. The second kappa shape index (κ2) is 10.8. The van der Waals surface area contributed by atoms with Crippen LogP contribution in [0.5, 0.6) is 17.2 Å². The summed E-state index contributed by atoms with van der Waals surface area (Å²) in [7, 11) is 4.48. The zero-order chi connectivity index (χ0) is 24.8. The van der Waals surface area contributed by atoms with Crippen LogP contribution in [-0.4, -0.2) is 54.6 Å². The van der Waals surface area contributed by atoms with E-state index in [-0.39, 0.29) is 18.3 Å². The molecule has 0 aliphatic heterocycles. The fourth-order valence-corrected chi connectivity index (χ4v) is 3.95. The largest absolute Gasteiger partial charge is 0.493 e. The SMILES string of the molecule is CCOC(=O)c1sc(NC(=O)Cn2nc(-c3cc(OC)c(OC)c(OC)c3)ccc2=O)nc1C. The quantitative estimate of drug-likeness (QED) is 0.451. The van der Waals surface area contributed by atoms with E-state index in [2.05, 4.69) is 15.4 Å². The van der Waals surface area contributed by atoms with E-state index in [1.807, 2.05) is 0 Å². The summed E-state index contributed by atoms with van der Waals surface area (Å²) in [5.74, 6) is 0.230. The molecular formula is C22H24N4O7S. The predicted octanol–water partition coefficient (Wildman–Crippen LogP) is 2.52. The number of ether oxygens (including phenoxy) is 4. The van der Waals surface area contributed by atoms with Gasteiger partial charge in [0, 0.05) is 11.6 Å². The van der Waals surface area contributed by atoms with Crippen LogP contribution in [-0.2, 0) is 16.1 Å². The lowest BCUT2D eigenvalue weighted by atomic mass is 10.1. The Kier molecular flexibility index (Phi) is 7.84. The Morgan fingerprint density at radius 1 is 1.09 bits per heavy atom. The Morgan fingerprint density at radius 2 is 1.76 bits per heavy atom. The first-order chi connectivity index (χ1) is 16.3. The van der Waals surface area contributed by atoms with Crippen molar-refractivity contribution in [2.45, 2.75) is 20.4 Å². The highest BCUT2D eigenvalue weighted by molar-refractivity contribution is 7.17. The number of amides is 1. The van der Waals surface area contributed by atoms with Crippen LogP contribution < -0.4 is 25.1 Å². The molecule has 11 nitrogen and oxygen atoms in total. The third kappa shape index (κ3) is 5.34. The van der Waals surface area contributed by atoms with Gasteiger partial charge >= 0.3 is 5.97 Å². The van der Waals surface area contributed by atoms with Gasteiger partial charge in [0.25, 0.3) is 5.56 Å².